The van der Waals surface area contributed by atoms with Gasteiger partial charge in [-0.1, -0.05) is 12.1 Å². The molecular weight excluding hydrogens is 300 g/mol. The molecule has 24 heavy (non-hydrogen) atoms. The van der Waals surface area contributed by atoms with Crippen molar-refractivity contribution >= 4 is 11.6 Å². The largest absolute Gasteiger partial charge is 0.507 e. The number of para-hydroxylation sites is 1. The number of hydrogen-bond acceptors (Lipinski definition) is 3. The number of amides is 1. The molecule has 0 spiro atoms. The van der Waals surface area contributed by atoms with Crippen LogP contribution in [0.5, 0.6) is 5.75 Å². The molecule has 0 aliphatic heterocycles. The standard InChI is InChI=1S/C20H26N2O2/c1-13(21-22-19(24)17-4-2-3-5-18(17)23)9-20-10-14-6-15(11-20)8-16(7-14)12-20/h2-5,14-16,23H,6-12H2,1H3,(H,22,24)/b21-13-. The Balaban J connectivity index is 1.41. The van der Waals surface area contributed by atoms with Crippen LogP contribution in [0.3, 0.4) is 0 Å². The normalized spacial score (nSPS) is 34.4. The number of nitrogens with one attached hydrogen (secondary N) is 1. The van der Waals surface area contributed by atoms with Gasteiger partial charge in [0.2, 0.25) is 0 Å². The average Bonchev–Trinajstić information content (AvgIpc) is 2.51. The van der Waals surface area contributed by atoms with Gasteiger partial charge >= 0.3 is 0 Å². The highest BCUT2D eigenvalue weighted by atomic mass is 16.3. The van der Waals surface area contributed by atoms with Crippen molar-refractivity contribution < 1.29 is 9.90 Å². The van der Waals surface area contributed by atoms with E-state index in [-0.39, 0.29) is 17.2 Å². The number of hydrazone groups is 1. The summed E-state index contributed by atoms with van der Waals surface area (Å²) in [5.41, 5.74) is 4.31. The van der Waals surface area contributed by atoms with Gasteiger partial charge in [-0.05, 0) is 87.2 Å². The van der Waals surface area contributed by atoms with Crippen molar-refractivity contribution in [2.24, 2.45) is 28.3 Å². The lowest BCUT2D eigenvalue weighted by Gasteiger charge is -2.57. The number of rotatable bonds is 4. The van der Waals surface area contributed by atoms with Crippen LogP contribution in [0.15, 0.2) is 29.4 Å². The van der Waals surface area contributed by atoms with Gasteiger partial charge in [0.1, 0.15) is 5.75 Å². The second kappa shape index (κ2) is 5.91. The Morgan fingerprint density at radius 3 is 2.33 bits per heavy atom. The van der Waals surface area contributed by atoms with E-state index in [0.29, 0.717) is 5.41 Å². The van der Waals surface area contributed by atoms with Crippen LogP contribution in [-0.2, 0) is 0 Å². The van der Waals surface area contributed by atoms with Crippen molar-refractivity contribution in [1.82, 2.24) is 5.43 Å². The molecule has 0 heterocycles. The topological polar surface area (TPSA) is 61.7 Å². The van der Waals surface area contributed by atoms with Crippen LogP contribution in [0.4, 0.5) is 0 Å². The van der Waals surface area contributed by atoms with E-state index >= 15 is 0 Å². The van der Waals surface area contributed by atoms with E-state index in [1.54, 1.807) is 18.2 Å². The molecule has 2 N–H and O–H groups in total. The van der Waals surface area contributed by atoms with E-state index in [0.717, 1.165) is 29.9 Å². The van der Waals surface area contributed by atoms with E-state index in [1.807, 2.05) is 6.92 Å². The molecule has 1 amide bonds. The van der Waals surface area contributed by atoms with Crippen LogP contribution in [0.2, 0.25) is 0 Å². The molecule has 1 aromatic carbocycles. The fourth-order valence-corrected chi connectivity index (χ4v) is 5.96. The Morgan fingerprint density at radius 2 is 1.75 bits per heavy atom. The first-order chi connectivity index (χ1) is 11.5. The molecular formula is C20H26N2O2. The Labute approximate surface area is 143 Å². The predicted molar refractivity (Wildman–Crippen MR) is 93.9 cm³/mol. The van der Waals surface area contributed by atoms with Gasteiger partial charge in [-0.25, -0.2) is 5.43 Å². The monoisotopic (exact) mass is 326 g/mol. The first kappa shape index (κ1) is 15.7. The van der Waals surface area contributed by atoms with Gasteiger partial charge in [0, 0.05) is 5.71 Å². The zero-order valence-electron chi connectivity index (χ0n) is 14.3. The van der Waals surface area contributed by atoms with Crippen LogP contribution in [-0.4, -0.2) is 16.7 Å². The lowest BCUT2D eigenvalue weighted by molar-refractivity contribution is -0.0482. The second-order valence-electron chi connectivity index (χ2n) is 8.40. The fraction of sp³-hybridized carbons (Fsp3) is 0.600. The third-order valence-corrected chi connectivity index (χ3v) is 6.29. The zero-order valence-corrected chi connectivity index (χ0v) is 14.3. The summed E-state index contributed by atoms with van der Waals surface area (Å²) in [6.07, 6.45) is 9.37. The van der Waals surface area contributed by atoms with Gasteiger partial charge in [-0.3, -0.25) is 4.79 Å². The molecule has 0 aromatic heterocycles. The van der Waals surface area contributed by atoms with Crippen molar-refractivity contribution in [1.29, 1.82) is 0 Å². The molecule has 4 fully saturated rings. The molecule has 0 saturated heterocycles. The summed E-state index contributed by atoms with van der Waals surface area (Å²) in [6.45, 7) is 2.02. The van der Waals surface area contributed by atoms with Gasteiger partial charge in [0.25, 0.3) is 5.91 Å². The minimum absolute atomic E-state index is 0.0102. The van der Waals surface area contributed by atoms with E-state index in [4.69, 9.17) is 0 Å². The highest BCUT2D eigenvalue weighted by molar-refractivity contribution is 5.97. The zero-order chi connectivity index (χ0) is 16.7. The SMILES string of the molecule is C/C(CC12CC3CC(CC(C3)C1)C2)=N/NC(=O)c1ccccc1O. The van der Waals surface area contributed by atoms with Crippen LogP contribution in [0.1, 0.15) is 62.2 Å². The molecule has 4 nitrogen and oxygen atoms in total. The minimum Gasteiger partial charge on any atom is -0.507 e. The summed E-state index contributed by atoms with van der Waals surface area (Å²) < 4.78 is 0. The molecule has 0 atom stereocenters. The highest BCUT2D eigenvalue weighted by Gasteiger charge is 2.50. The predicted octanol–water partition coefficient (Wildman–Crippen LogP) is 4.10. The number of benzene rings is 1. The number of carbonyl (C=O) groups excluding carboxylic acids is 1. The Hall–Kier alpha value is -1.84. The van der Waals surface area contributed by atoms with Gasteiger partial charge in [0.15, 0.2) is 0 Å². The average molecular weight is 326 g/mol. The minimum atomic E-state index is -0.349. The summed E-state index contributed by atoms with van der Waals surface area (Å²) in [5.74, 6) is 2.43. The molecule has 5 rings (SSSR count). The van der Waals surface area contributed by atoms with Crippen LogP contribution < -0.4 is 5.43 Å². The molecule has 0 radical (unpaired) electrons. The molecule has 4 aliphatic rings. The summed E-state index contributed by atoms with van der Waals surface area (Å²) >= 11 is 0. The van der Waals surface area contributed by atoms with Crippen LogP contribution in [0.25, 0.3) is 0 Å². The lowest BCUT2D eigenvalue weighted by atomic mass is 9.48. The van der Waals surface area contributed by atoms with E-state index in [2.05, 4.69) is 10.5 Å². The molecule has 4 bridgehead atoms. The smallest absolute Gasteiger partial charge is 0.275 e. The Morgan fingerprint density at radius 1 is 1.17 bits per heavy atom. The number of aromatic hydroxyl groups is 1. The second-order valence-corrected chi connectivity index (χ2v) is 8.40. The summed E-state index contributed by atoms with van der Waals surface area (Å²) in [7, 11) is 0. The molecule has 1 aromatic rings. The quantitative estimate of drug-likeness (QED) is 0.646. The van der Waals surface area contributed by atoms with Crippen molar-refractivity contribution in [2.45, 2.75) is 51.9 Å². The summed E-state index contributed by atoms with van der Waals surface area (Å²) in [6, 6.07) is 6.56. The summed E-state index contributed by atoms with van der Waals surface area (Å²) in [4.78, 5) is 12.2. The van der Waals surface area contributed by atoms with E-state index in [9.17, 15) is 9.90 Å². The van der Waals surface area contributed by atoms with Crippen molar-refractivity contribution in [3.63, 3.8) is 0 Å². The first-order valence-electron chi connectivity index (χ1n) is 9.14. The number of nitrogens with zero attached hydrogens (tertiary/aromatic N) is 1. The third-order valence-electron chi connectivity index (χ3n) is 6.29. The van der Waals surface area contributed by atoms with Crippen molar-refractivity contribution in [3.8, 4) is 5.75 Å². The van der Waals surface area contributed by atoms with Crippen LogP contribution in [0, 0.1) is 23.2 Å². The van der Waals surface area contributed by atoms with Crippen LogP contribution >= 0.6 is 0 Å². The first-order valence-corrected chi connectivity index (χ1v) is 9.14. The number of phenols is 1. The fourth-order valence-electron chi connectivity index (χ4n) is 5.96. The van der Waals surface area contributed by atoms with Gasteiger partial charge in [0.05, 0.1) is 5.56 Å². The maximum absolute atomic E-state index is 12.2. The van der Waals surface area contributed by atoms with Crippen molar-refractivity contribution in [3.05, 3.63) is 29.8 Å². The lowest BCUT2D eigenvalue weighted by Crippen LogP contribution is -2.46. The third kappa shape index (κ3) is 2.94. The molecule has 0 unspecified atom stereocenters. The number of phenolic OH excluding ortho intramolecular Hbond substituents is 1. The molecule has 4 saturated carbocycles. The Kier molecular flexibility index (Phi) is 3.86. The van der Waals surface area contributed by atoms with Gasteiger partial charge < -0.3 is 5.11 Å². The molecule has 4 heteroatoms. The van der Waals surface area contributed by atoms with Gasteiger partial charge in [-0.15, -0.1) is 0 Å². The number of carbonyl (C=O) groups is 1. The summed E-state index contributed by atoms with van der Waals surface area (Å²) in [5, 5.41) is 14.1. The van der Waals surface area contributed by atoms with Gasteiger partial charge in [-0.2, -0.15) is 5.10 Å². The number of hydrogen-bond donors (Lipinski definition) is 2. The van der Waals surface area contributed by atoms with E-state index < -0.39 is 0 Å². The molecule has 128 valence electrons. The maximum Gasteiger partial charge on any atom is 0.275 e. The maximum atomic E-state index is 12.2. The molecule has 4 aliphatic carbocycles. The highest BCUT2D eigenvalue weighted by Crippen LogP contribution is 2.61. The van der Waals surface area contributed by atoms with Crippen molar-refractivity contribution in [2.75, 3.05) is 0 Å². The Bertz CT molecular complexity index is 645. The van der Waals surface area contributed by atoms with E-state index in [1.165, 1.54) is 44.6 Å².